The van der Waals surface area contributed by atoms with E-state index in [1.807, 2.05) is 60.7 Å². The van der Waals surface area contributed by atoms with Gasteiger partial charge >= 0.3 is 0 Å². The number of allylic oxidation sites excluding steroid dienone is 1. The Morgan fingerprint density at radius 3 is 1.84 bits per heavy atom. The lowest BCUT2D eigenvalue weighted by molar-refractivity contribution is 0.104. The van der Waals surface area contributed by atoms with Crippen molar-refractivity contribution >= 4 is 11.9 Å². The van der Waals surface area contributed by atoms with Gasteiger partial charge in [-0.3, -0.25) is 4.79 Å². The molecule has 0 aromatic heterocycles. The van der Waals surface area contributed by atoms with Gasteiger partial charge in [0.15, 0.2) is 5.78 Å². The first-order valence-corrected chi connectivity index (χ1v) is 12.8. The Labute approximate surface area is 196 Å². The van der Waals surface area contributed by atoms with Crippen LogP contribution in [0.25, 0.3) is 6.08 Å². The van der Waals surface area contributed by atoms with Crippen molar-refractivity contribution in [1.29, 1.82) is 0 Å². The fourth-order valence-electron chi connectivity index (χ4n) is 3.92. The van der Waals surface area contributed by atoms with Gasteiger partial charge in [0.1, 0.15) is 5.75 Å². The summed E-state index contributed by atoms with van der Waals surface area (Å²) in [7, 11) is 0. The number of carbonyl (C=O) groups is 1. The Hall–Kier alpha value is -2.35. The zero-order chi connectivity index (χ0) is 22.7. The van der Waals surface area contributed by atoms with E-state index in [-0.39, 0.29) is 5.78 Å². The molecule has 0 aliphatic heterocycles. The number of rotatable bonds is 18. The lowest BCUT2D eigenvalue weighted by Gasteiger charge is -2.09. The van der Waals surface area contributed by atoms with Crippen LogP contribution in [0.15, 0.2) is 60.7 Å². The molecule has 0 saturated heterocycles. The second-order valence-electron chi connectivity index (χ2n) is 8.69. The summed E-state index contributed by atoms with van der Waals surface area (Å²) in [6.45, 7) is 3.01. The molecule has 2 nitrogen and oxygen atoms in total. The van der Waals surface area contributed by atoms with Gasteiger partial charge in [0, 0.05) is 11.1 Å². The van der Waals surface area contributed by atoms with Crippen LogP contribution < -0.4 is 4.74 Å². The monoisotopic (exact) mass is 434 g/mol. The molecule has 0 heterocycles. The van der Waals surface area contributed by atoms with Gasteiger partial charge in [0.2, 0.25) is 0 Å². The van der Waals surface area contributed by atoms with Gasteiger partial charge in [-0.25, -0.2) is 0 Å². The molecule has 2 rings (SSSR count). The normalized spacial score (nSPS) is 11.2. The predicted octanol–water partition coefficient (Wildman–Crippen LogP) is 9.05. The van der Waals surface area contributed by atoms with Gasteiger partial charge in [-0.15, -0.1) is 0 Å². The molecular weight excluding hydrogens is 392 g/mol. The first-order chi connectivity index (χ1) is 15.8. The van der Waals surface area contributed by atoms with Crippen molar-refractivity contribution in [3.8, 4) is 5.75 Å². The summed E-state index contributed by atoms with van der Waals surface area (Å²) >= 11 is 0. The van der Waals surface area contributed by atoms with E-state index < -0.39 is 0 Å². The Morgan fingerprint density at radius 2 is 1.22 bits per heavy atom. The summed E-state index contributed by atoms with van der Waals surface area (Å²) in [5.41, 5.74) is 1.65. The topological polar surface area (TPSA) is 26.3 Å². The average molecular weight is 435 g/mol. The van der Waals surface area contributed by atoms with E-state index in [0.717, 1.165) is 24.3 Å². The largest absolute Gasteiger partial charge is 0.493 e. The van der Waals surface area contributed by atoms with Crippen molar-refractivity contribution in [2.75, 3.05) is 6.61 Å². The van der Waals surface area contributed by atoms with E-state index in [0.29, 0.717) is 5.56 Å². The van der Waals surface area contributed by atoms with E-state index in [9.17, 15) is 4.79 Å². The highest BCUT2D eigenvalue weighted by molar-refractivity contribution is 6.06. The maximum Gasteiger partial charge on any atom is 0.185 e. The van der Waals surface area contributed by atoms with Crippen molar-refractivity contribution in [2.24, 2.45) is 0 Å². The van der Waals surface area contributed by atoms with Gasteiger partial charge in [0.05, 0.1) is 6.61 Å². The molecule has 0 bridgehead atoms. The molecule has 174 valence electrons. The smallest absolute Gasteiger partial charge is 0.185 e. The molecule has 2 heteroatoms. The van der Waals surface area contributed by atoms with E-state index in [1.165, 1.54) is 77.0 Å². The summed E-state index contributed by atoms with van der Waals surface area (Å²) in [5, 5.41) is 0. The highest BCUT2D eigenvalue weighted by Crippen LogP contribution is 2.20. The number of unbranched alkanes of at least 4 members (excludes halogenated alkanes) is 12. The van der Waals surface area contributed by atoms with Crippen molar-refractivity contribution in [2.45, 2.75) is 90.4 Å². The molecule has 0 N–H and O–H groups in total. The second kappa shape index (κ2) is 17.2. The molecular formula is C30H42O2. The predicted molar refractivity (Wildman–Crippen MR) is 137 cm³/mol. The molecule has 0 fully saturated rings. The Morgan fingerprint density at radius 1 is 0.688 bits per heavy atom. The summed E-state index contributed by atoms with van der Waals surface area (Å²) in [6, 6.07) is 17.3. The summed E-state index contributed by atoms with van der Waals surface area (Å²) in [5.74, 6) is 0.862. The van der Waals surface area contributed by atoms with Gasteiger partial charge < -0.3 is 4.74 Å². The van der Waals surface area contributed by atoms with E-state index in [4.69, 9.17) is 4.74 Å². The molecule has 2 aromatic carbocycles. The zero-order valence-electron chi connectivity index (χ0n) is 20.1. The lowest BCUT2D eigenvalue weighted by atomic mass is 10.0. The van der Waals surface area contributed by atoms with Crippen LogP contribution in [-0.4, -0.2) is 12.4 Å². The number of carbonyl (C=O) groups excluding carboxylic acids is 1. The van der Waals surface area contributed by atoms with Crippen LogP contribution in [-0.2, 0) is 0 Å². The first-order valence-electron chi connectivity index (χ1n) is 12.8. The SMILES string of the molecule is CCCCCCCCCCCCCCCOc1ccccc1/C=C/C(=O)c1ccccc1. The summed E-state index contributed by atoms with van der Waals surface area (Å²) < 4.78 is 6.01. The molecule has 0 spiro atoms. The van der Waals surface area contributed by atoms with E-state index >= 15 is 0 Å². The van der Waals surface area contributed by atoms with Crippen LogP contribution >= 0.6 is 0 Å². The maximum absolute atomic E-state index is 12.3. The minimum absolute atomic E-state index is 0.0110. The van der Waals surface area contributed by atoms with Crippen molar-refractivity contribution < 1.29 is 9.53 Å². The van der Waals surface area contributed by atoms with Crippen molar-refractivity contribution in [3.63, 3.8) is 0 Å². The molecule has 0 aliphatic rings. The molecule has 0 aliphatic carbocycles. The number of benzene rings is 2. The summed E-state index contributed by atoms with van der Waals surface area (Å²) in [4.78, 5) is 12.3. The number of ether oxygens (including phenoxy) is 1. The Bertz CT molecular complexity index is 763. The van der Waals surface area contributed by atoms with E-state index in [2.05, 4.69) is 6.92 Å². The summed E-state index contributed by atoms with van der Waals surface area (Å²) in [6.07, 6.45) is 21.0. The molecule has 32 heavy (non-hydrogen) atoms. The van der Waals surface area contributed by atoms with Gasteiger partial charge in [-0.2, -0.15) is 0 Å². The van der Waals surface area contributed by atoms with Crippen molar-refractivity contribution in [1.82, 2.24) is 0 Å². The molecule has 2 aromatic rings. The number of hydrogen-bond acceptors (Lipinski definition) is 2. The standard InChI is InChI=1S/C30H42O2/c1-2-3-4-5-6-7-8-9-10-11-12-13-19-26-32-30-23-18-17-22-28(30)24-25-29(31)27-20-15-14-16-21-27/h14-18,20-25H,2-13,19,26H2,1H3/b25-24+. The fourth-order valence-corrected chi connectivity index (χ4v) is 3.92. The number of para-hydroxylation sites is 1. The van der Waals surface area contributed by atoms with Crippen LogP contribution in [0, 0.1) is 0 Å². The van der Waals surface area contributed by atoms with Gasteiger partial charge in [-0.05, 0) is 24.6 Å². The third-order valence-corrected chi connectivity index (χ3v) is 5.90. The Balaban J connectivity index is 1.55. The molecule has 0 amide bonds. The minimum atomic E-state index is 0.0110. The third-order valence-electron chi connectivity index (χ3n) is 5.90. The third kappa shape index (κ3) is 11.3. The fraction of sp³-hybridized carbons (Fsp3) is 0.500. The van der Waals surface area contributed by atoms with Crippen LogP contribution in [0.4, 0.5) is 0 Å². The highest BCUT2D eigenvalue weighted by Gasteiger charge is 2.03. The average Bonchev–Trinajstić information content (AvgIpc) is 2.84. The minimum Gasteiger partial charge on any atom is -0.493 e. The molecule has 0 radical (unpaired) electrons. The van der Waals surface area contributed by atoms with E-state index in [1.54, 1.807) is 6.08 Å². The van der Waals surface area contributed by atoms with Crippen LogP contribution in [0.1, 0.15) is 106 Å². The van der Waals surface area contributed by atoms with Crippen LogP contribution in [0.2, 0.25) is 0 Å². The van der Waals surface area contributed by atoms with Gasteiger partial charge in [-0.1, -0.05) is 133 Å². The van der Waals surface area contributed by atoms with Crippen LogP contribution in [0.3, 0.4) is 0 Å². The number of ketones is 1. The van der Waals surface area contributed by atoms with Crippen LogP contribution in [0.5, 0.6) is 5.75 Å². The van der Waals surface area contributed by atoms with Crippen molar-refractivity contribution in [3.05, 3.63) is 71.8 Å². The van der Waals surface area contributed by atoms with Gasteiger partial charge in [0.25, 0.3) is 0 Å². The highest BCUT2D eigenvalue weighted by atomic mass is 16.5. The Kier molecular flexibility index (Phi) is 14.0. The molecule has 0 unspecified atom stereocenters. The quantitative estimate of drug-likeness (QED) is 0.133. The lowest BCUT2D eigenvalue weighted by Crippen LogP contribution is -1.99. The number of hydrogen-bond donors (Lipinski definition) is 0. The zero-order valence-corrected chi connectivity index (χ0v) is 20.1. The molecule has 0 saturated carbocycles. The maximum atomic E-state index is 12.3. The first kappa shape index (κ1) is 25.9. The molecule has 0 atom stereocenters. The second-order valence-corrected chi connectivity index (χ2v) is 8.69.